The van der Waals surface area contributed by atoms with Crippen molar-refractivity contribution >= 4 is 6.09 Å². The second kappa shape index (κ2) is 8.39. The van der Waals surface area contributed by atoms with Crippen molar-refractivity contribution in [2.24, 2.45) is 0 Å². The summed E-state index contributed by atoms with van der Waals surface area (Å²) >= 11 is 0. The number of hydrogen-bond acceptors (Lipinski definition) is 4. The minimum atomic E-state index is -0.243. The lowest BCUT2D eigenvalue weighted by atomic mass is 9.89. The Labute approximate surface area is 149 Å². The topological polar surface area (TPSA) is 56.8 Å². The number of carbonyl (C=O) groups is 1. The molecule has 2 fully saturated rings. The number of amides is 1. The van der Waals surface area contributed by atoms with Crippen LogP contribution in [0.4, 0.5) is 4.79 Å². The molecule has 1 saturated carbocycles. The molecule has 0 aromatic heterocycles. The van der Waals surface area contributed by atoms with Gasteiger partial charge in [-0.25, -0.2) is 4.79 Å². The van der Waals surface area contributed by atoms with Crippen LogP contribution in [0, 0.1) is 0 Å². The molecule has 1 amide bonds. The van der Waals surface area contributed by atoms with Crippen LogP contribution in [0.5, 0.6) is 5.75 Å². The molecule has 1 saturated heterocycles. The molecule has 1 heterocycles. The Balaban J connectivity index is 1.29. The monoisotopic (exact) mass is 345 g/mol. The number of rotatable bonds is 9. The Morgan fingerprint density at radius 3 is 2.96 bits per heavy atom. The Hall–Kier alpha value is -2.01. The molecule has 5 nitrogen and oxygen atoms in total. The van der Waals surface area contributed by atoms with Crippen LogP contribution in [0.3, 0.4) is 0 Å². The molecule has 1 N–H and O–H groups in total. The number of allylic oxidation sites excluding steroid dienone is 1. The molecule has 0 radical (unpaired) electrons. The Bertz CT molecular complexity index is 598. The van der Waals surface area contributed by atoms with E-state index < -0.39 is 0 Å². The molecule has 0 bridgehead atoms. The predicted octanol–water partition coefficient (Wildman–Crippen LogP) is 3.97. The summed E-state index contributed by atoms with van der Waals surface area (Å²) in [5, 5.41) is 3.05. The Morgan fingerprint density at radius 2 is 2.16 bits per heavy atom. The maximum Gasteiger partial charge on any atom is 0.408 e. The van der Waals surface area contributed by atoms with E-state index in [9.17, 15) is 4.79 Å². The van der Waals surface area contributed by atoms with Crippen molar-refractivity contribution in [2.45, 2.75) is 56.8 Å². The average molecular weight is 345 g/mol. The number of fused-ring (bicyclic) bond motifs is 1. The third-order valence-corrected chi connectivity index (χ3v) is 5.11. The molecule has 3 rings (SSSR count). The Morgan fingerprint density at radius 1 is 1.32 bits per heavy atom. The number of unbranched alkanes of at least 4 members (excludes halogenated alkanes) is 1. The van der Waals surface area contributed by atoms with Crippen LogP contribution < -0.4 is 10.1 Å². The fourth-order valence-electron chi connectivity index (χ4n) is 3.75. The molecule has 2 atom stereocenters. The zero-order valence-corrected chi connectivity index (χ0v) is 14.8. The van der Waals surface area contributed by atoms with Crippen molar-refractivity contribution in [3.8, 4) is 5.75 Å². The van der Waals surface area contributed by atoms with Gasteiger partial charge >= 0.3 is 6.09 Å². The number of methoxy groups -OCH3 is 1. The van der Waals surface area contributed by atoms with Gasteiger partial charge in [-0.2, -0.15) is 0 Å². The van der Waals surface area contributed by atoms with Crippen molar-refractivity contribution in [3.63, 3.8) is 0 Å². The second-order valence-electron chi connectivity index (χ2n) is 6.79. The molecule has 1 aliphatic heterocycles. The molecular formula is C20H27NO4. The van der Waals surface area contributed by atoms with Crippen LogP contribution in [0.15, 0.2) is 36.4 Å². The van der Waals surface area contributed by atoms with Gasteiger partial charge in [-0.1, -0.05) is 24.3 Å². The molecule has 1 aliphatic carbocycles. The van der Waals surface area contributed by atoms with Crippen molar-refractivity contribution in [1.29, 1.82) is 0 Å². The van der Waals surface area contributed by atoms with Gasteiger partial charge in [0.25, 0.3) is 0 Å². The summed E-state index contributed by atoms with van der Waals surface area (Å²) in [6, 6.07) is 7.90. The van der Waals surface area contributed by atoms with Crippen molar-refractivity contribution in [3.05, 3.63) is 42.0 Å². The van der Waals surface area contributed by atoms with E-state index in [1.165, 1.54) is 0 Å². The van der Waals surface area contributed by atoms with Gasteiger partial charge < -0.3 is 19.5 Å². The summed E-state index contributed by atoms with van der Waals surface area (Å²) in [7, 11) is 1.66. The number of benzene rings is 1. The van der Waals surface area contributed by atoms with Crippen molar-refractivity contribution in [2.75, 3.05) is 13.7 Å². The normalized spacial score (nSPS) is 25.0. The summed E-state index contributed by atoms with van der Waals surface area (Å²) in [4.78, 5) is 11.5. The summed E-state index contributed by atoms with van der Waals surface area (Å²) in [5.74, 6) is 0.858. The molecular weight excluding hydrogens is 318 g/mol. The summed E-state index contributed by atoms with van der Waals surface area (Å²) < 4.78 is 16.1. The van der Waals surface area contributed by atoms with Gasteiger partial charge in [0, 0.05) is 0 Å². The van der Waals surface area contributed by atoms with E-state index in [0.29, 0.717) is 13.2 Å². The minimum Gasteiger partial charge on any atom is -0.497 e. The highest BCUT2D eigenvalue weighted by molar-refractivity contribution is 5.71. The lowest BCUT2D eigenvalue weighted by molar-refractivity contribution is 0.119. The molecule has 0 spiro atoms. The quantitative estimate of drug-likeness (QED) is 0.543. The van der Waals surface area contributed by atoms with E-state index in [1.807, 2.05) is 24.3 Å². The zero-order valence-electron chi connectivity index (χ0n) is 14.8. The molecule has 2 aliphatic rings. The van der Waals surface area contributed by atoms with E-state index in [2.05, 4.69) is 17.5 Å². The zero-order chi connectivity index (χ0) is 17.5. The molecule has 0 unspecified atom stereocenters. The Kier molecular flexibility index (Phi) is 5.97. The van der Waals surface area contributed by atoms with Gasteiger partial charge in [0.2, 0.25) is 0 Å². The number of alkyl carbamates (subject to hydrolysis) is 1. The third kappa shape index (κ3) is 4.54. The lowest BCUT2D eigenvalue weighted by Crippen LogP contribution is -2.44. The van der Waals surface area contributed by atoms with Gasteiger partial charge in [0.05, 0.1) is 25.9 Å². The van der Waals surface area contributed by atoms with Crippen molar-refractivity contribution < 1.29 is 19.0 Å². The highest BCUT2D eigenvalue weighted by Crippen LogP contribution is 2.40. The first kappa shape index (κ1) is 17.8. The van der Waals surface area contributed by atoms with Gasteiger partial charge in [-0.15, -0.1) is 0 Å². The van der Waals surface area contributed by atoms with Gasteiger partial charge in [-0.3, -0.25) is 0 Å². The highest BCUT2D eigenvalue weighted by Gasteiger charge is 2.50. The van der Waals surface area contributed by atoms with Crippen LogP contribution in [0.1, 0.15) is 44.1 Å². The lowest BCUT2D eigenvalue weighted by Gasteiger charge is -2.25. The summed E-state index contributed by atoms with van der Waals surface area (Å²) in [5.41, 5.74) is 1.04. The summed E-state index contributed by atoms with van der Waals surface area (Å²) in [6.07, 6.45) is 10.3. The first-order valence-corrected chi connectivity index (χ1v) is 9.06. The predicted molar refractivity (Wildman–Crippen MR) is 95.6 cm³/mol. The van der Waals surface area contributed by atoms with Gasteiger partial charge in [0.15, 0.2) is 0 Å². The van der Waals surface area contributed by atoms with Crippen molar-refractivity contribution in [1.82, 2.24) is 5.32 Å². The van der Waals surface area contributed by atoms with E-state index in [1.54, 1.807) is 7.11 Å². The SMILES string of the molecule is COc1ccc(COC/C=C\CCC[C@@]23CCC[C@@H]2OC(=O)N3)cc1. The van der Waals surface area contributed by atoms with Crippen LogP contribution in [0.25, 0.3) is 0 Å². The maximum absolute atomic E-state index is 11.5. The van der Waals surface area contributed by atoms with Gasteiger partial charge in [0.1, 0.15) is 11.9 Å². The molecule has 1 aromatic carbocycles. The number of nitrogens with one attached hydrogen (secondary N) is 1. The van der Waals surface area contributed by atoms with E-state index in [0.717, 1.165) is 49.8 Å². The third-order valence-electron chi connectivity index (χ3n) is 5.11. The fraction of sp³-hybridized carbons (Fsp3) is 0.550. The average Bonchev–Trinajstić information content (AvgIpc) is 3.13. The largest absolute Gasteiger partial charge is 0.497 e. The molecule has 136 valence electrons. The van der Waals surface area contributed by atoms with E-state index in [-0.39, 0.29) is 17.7 Å². The number of ether oxygens (including phenoxy) is 3. The van der Waals surface area contributed by atoms with E-state index >= 15 is 0 Å². The van der Waals surface area contributed by atoms with E-state index in [4.69, 9.17) is 14.2 Å². The maximum atomic E-state index is 11.5. The molecule has 1 aromatic rings. The second-order valence-corrected chi connectivity index (χ2v) is 6.79. The fourth-order valence-corrected chi connectivity index (χ4v) is 3.75. The van der Waals surface area contributed by atoms with Crippen LogP contribution in [-0.4, -0.2) is 31.5 Å². The van der Waals surface area contributed by atoms with Gasteiger partial charge in [-0.05, 0) is 56.2 Å². The molecule has 25 heavy (non-hydrogen) atoms. The number of hydrogen-bond donors (Lipinski definition) is 1. The summed E-state index contributed by atoms with van der Waals surface area (Å²) in [6.45, 7) is 1.21. The first-order valence-electron chi connectivity index (χ1n) is 9.06. The first-order chi connectivity index (χ1) is 12.2. The minimum absolute atomic E-state index is 0.0804. The highest BCUT2D eigenvalue weighted by atomic mass is 16.6. The molecule has 5 heteroatoms. The van der Waals surface area contributed by atoms with Crippen LogP contribution in [0.2, 0.25) is 0 Å². The van der Waals surface area contributed by atoms with Crippen LogP contribution in [-0.2, 0) is 16.1 Å². The number of carbonyl (C=O) groups excluding carboxylic acids is 1. The standard InChI is InChI=1S/C20H27NO4/c1-23-17-10-8-16(9-11-17)15-24-14-5-3-2-4-12-20-13-6-7-18(20)25-19(22)21-20/h3,5,8-11,18H,2,4,6-7,12-15H2,1H3,(H,21,22)/b5-3-/t18-,20+/m0/s1. The smallest absolute Gasteiger partial charge is 0.408 e. The van der Waals surface area contributed by atoms with Crippen LogP contribution >= 0.6 is 0 Å².